The molecular weight excluding hydrogens is 365 g/mol. The maximum atomic E-state index is 13.3. The summed E-state index contributed by atoms with van der Waals surface area (Å²) in [5.41, 5.74) is 1.95. The molecule has 0 unspecified atom stereocenters. The van der Waals surface area contributed by atoms with Crippen molar-refractivity contribution in [1.29, 1.82) is 0 Å². The van der Waals surface area contributed by atoms with E-state index in [-0.39, 0.29) is 19.0 Å². The predicted octanol–water partition coefficient (Wildman–Crippen LogP) is 3.49. The molecule has 28 heavy (non-hydrogen) atoms. The highest BCUT2D eigenvalue weighted by Gasteiger charge is 2.23. The Morgan fingerprint density at radius 2 is 1.86 bits per heavy atom. The van der Waals surface area contributed by atoms with E-state index < -0.39 is 23.7 Å². The molecule has 1 amide bonds. The van der Waals surface area contributed by atoms with Gasteiger partial charge in [0.25, 0.3) is 5.91 Å². The van der Waals surface area contributed by atoms with E-state index in [1.54, 1.807) is 12.1 Å². The molecule has 1 aromatic heterocycles. The highest BCUT2D eigenvalue weighted by Crippen LogP contribution is 2.22. The number of carboxylic acid groups (broad SMARTS) is 1. The van der Waals surface area contributed by atoms with Gasteiger partial charge in [0, 0.05) is 5.56 Å². The third-order valence-corrected chi connectivity index (χ3v) is 3.98. The van der Waals surface area contributed by atoms with Crippen LogP contribution in [-0.4, -0.2) is 29.6 Å². The van der Waals surface area contributed by atoms with Gasteiger partial charge in [-0.25, -0.2) is 9.18 Å². The Morgan fingerprint density at radius 3 is 2.57 bits per heavy atom. The second-order valence-corrected chi connectivity index (χ2v) is 6.07. The van der Waals surface area contributed by atoms with E-state index >= 15 is 0 Å². The summed E-state index contributed by atoms with van der Waals surface area (Å²) in [7, 11) is 0. The number of halogens is 1. The van der Waals surface area contributed by atoms with Crippen molar-refractivity contribution in [2.75, 3.05) is 6.61 Å². The highest BCUT2D eigenvalue weighted by atomic mass is 19.1. The summed E-state index contributed by atoms with van der Waals surface area (Å²) in [6, 6.07) is 15.3. The van der Waals surface area contributed by atoms with Crippen LogP contribution in [0.25, 0.3) is 11.1 Å². The minimum absolute atomic E-state index is 0.0754. The molecule has 0 radical (unpaired) electrons. The second kappa shape index (κ2) is 8.96. The van der Waals surface area contributed by atoms with Gasteiger partial charge < -0.3 is 19.6 Å². The molecule has 0 aliphatic rings. The Kier molecular flexibility index (Phi) is 6.18. The topological polar surface area (TPSA) is 88.8 Å². The molecule has 1 heterocycles. The van der Waals surface area contributed by atoms with E-state index in [0.29, 0.717) is 11.1 Å². The van der Waals surface area contributed by atoms with E-state index in [2.05, 4.69) is 5.32 Å². The van der Waals surface area contributed by atoms with Crippen LogP contribution < -0.4 is 5.32 Å². The molecule has 7 heteroatoms. The molecule has 0 bridgehead atoms. The number of furan rings is 1. The number of carboxylic acids is 1. The Morgan fingerprint density at radius 1 is 1.07 bits per heavy atom. The van der Waals surface area contributed by atoms with Crippen LogP contribution in [0.4, 0.5) is 4.39 Å². The van der Waals surface area contributed by atoms with Crippen LogP contribution in [0.5, 0.6) is 0 Å². The number of carbonyl (C=O) groups is 2. The van der Waals surface area contributed by atoms with Crippen LogP contribution in [0.15, 0.2) is 71.3 Å². The van der Waals surface area contributed by atoms with Crippen molar-refractivity contribution in [3.05, 3.63) is 84.1 Å². The first kappa shape index (κ1) is 19.3. The van der Waals surface area contributed by atoms with Crippen LogP contribution in [0.3, 0.4) is 0 Å². The first-order valence-corrected chi connectivity index (χ1v) is 8.53. The molecule has 0 aliphatic heterocycles. The zero-order chi connectivity index (χ0) is 19.9. The molecular formula is C21H18FNO5. The summed E-state index contributed by atoms with van der Waals surface area (Å²) in [6.45, 7) is 0.0262. The number of carbonyl (C=O) groups excluding carboxylic acids is 1. The van der Waals surface area contributed by atoms with Gasteiger partial charge >= 0.3 is 5.97 Å². The van der Waals surface area contributed by atoms with Crippen LogP contribution in [0, 0.1) is 5.82 Å². The van der Waals surface area contributed by atoms with Crippen molar-refractivity contribution in [2.24, 2.45) is 0 Å². The van der Waals surface area contributed by atoms with E-state index in [0.717, 1.165) is 5.56 Å². The normalized spacial score (nSPS) is 11.8. The number of aliphatic carboxylic acids is 1. The summed E-state index contributed by atoms with van der Waals surface area (Å²) in [4.78, 5) is 23.7. The molecule has 2 N–H and O–H groups in total. The fourth-order valence-corrected chi connectivity index (χ4v) is 2.55. The minimum Gasteiger partial charge on any atom is -0.480 e. The Labute approximate surface area is 160 Å². The van der Waals surface area contributed by atoms with Crippen LogP contribution >= 0.6 is 0 Å². The molecule has 0 saturated carbocycles. The fraction of sp³-hybridized carbons (Fsp3) is 0.143. The van der Waals surface area contributed by atoms with Crippen molar-refractivity contribution in [3.8, 4) is 11.1 Å². The van der Waals surface area contributed by atoms with Crippen LogP contribution in [0.2, 0.25) is 0 Å². The lowest BCUT2D eigenvalue weighted by Gasteiger charge is -2.14. The molecule has 3 aromatic rings. The lowest BCUT2D eigenvalue weighted by Crippen LogP contribution is -2.43. The van der Waals surface area contributed by atoms with Crippen molar-refractivity contribution in [3.63, 3.8) is 0 Å². The van der Waals surface area contributed by atoms with Crippen molar-refractivity contribution >= 4 is 11.9 Å². The van der Waals surface area contributed by atoms with E-state index in [1.807, 2.05) is 30.3 Å². The van der Waals surface area contributed by atoms with Gasteiger partial charge in [0.2, 0.25) is 0 Å². The highest BCUT2D eigenvalue weighted by molar-refractivity contribution is 5.95. The summed E-state index contributed by atoms with van der Waals surface area (Å²) in [5, 5.41) is 11.7. The molecule has 1 atom stereocenters. The zero-order valence-electron chi connectivity index (χ0n) is 14.8. The predicted molar refractivity (Wildman–Crippen MR) is 99.1 cm³/mol. The summed E-state index contributed by atoms with van der Waals surface area (Å²) in [5.74, 6) is -2.41. The van der Waals surface area contributed by atoms with Crippen LogP contribution in [-0.2, 0) is 16.1 Å². The number of rotatable bonds is 8. The molecule has 0 aliphatic carbocycles. The van der Waals surface area contributed by atoms with Gasteiger partial charge in [0.1, 0.15) is 5.82 Å². The molecule has 0 spiro atoms. The van der Waals surface area contributed by atoms with Gasteiger partial charge in [-0.2, -0.15) is 0 Å². The maximum absolute atomic E-state index is 13.3. The lowest BCUT2D eigenvalue weighted by molar-refractivity contribution is -0.141. The monoisotopic (exact) mass is 383 g/mol. The number of nitrogens with one attached hydrogen (secondary N) is 1. The second-order valence-electron chi connectivity index (χ2n) is 6.07. The average Bonchev–Trinajstić information content (AvgIpc) is 3.18. The smallest absolute Gasteiger partial charge is 0.328 e. The quantitative estimate of drug-likeness (QED) is 0.622. The van der Waals surface area contributed by atoms with Crippen molar-refractivity contribution in [1.82, 2.24) is 5.32 Å². The zero-order valence-corrected chi connectivity index (χ0v) is 14.8. The van der Waals surface area contributed by atoms with E-state index in [4.69, 9.17) is 9.15 Å². The number of benzene rings is 2. The SMILES string of the molecule is O=C(N[C@@H](COCc1ccccc1)C(=O)O)c1cc(-c2cccc(F)c2)co1. The van der Waals surface area contributed by atoms with Gasteiger partial charge in [0.05, 0.1) is 19.5 Å². The van der Waals surface area contributed by atoms with Gasteiger partial charge in [0.15, 0.2) is 11.8 Å². The number of amides is 1. The minimum atomic E-state index is -1.24. The Hall–Kier alpha value is -3.45. The number of ether oxygens (including phenoxy) is 1. The molecule has 0 saturated heterocycles. The third-order valence-electron chi connectivity index (χ3n) is 3.98. The van der Waals surface area contributed by atoms with Crippen LogP contribution in [0.1, 0.15) is 16.1 Å². The van der Waals surface area contributed by atoms with Gasteiger partial charge in [-0.1, -0.05) is 42.5 Å². The standard InChI is InChI=1S/C21H18FNO5/c22-17-8-4-7-15(9-17)16-10-19(28-12-16)20(24)23-18(21(25)26)13-27-11-14-5-2-1-3-6-14/h1-10,12,18H,11,13H2,(H,23,24)(H,25,26)/t18-/m0/s1. The molecule has 144 valence electrons. The first-order valence-electron chi connectivity index (χ1n) is 8.53. The molecule has 2 aromatic carbocycles. The molecule has 6 nitrogen and oxygen atoms in total. The van der Waals surface area contributed by atoms with Gasteiger partial charge in [-0.05, 0) is 29.3 Å². The van der Waals surface area contributed by atoms with Crippen molar-refractivity contribution < 1.29 is 28.2 Å². The maximum Gasteiger partial charge on any atom is 0.328 e. The summed E-state index contributed by atoms with van der Waals surface area (Å²) >= 11 is 0. The number of hydrogen-bond donors (Lipinski definition) is 2. The summed E-state index contributed by atoms with van der Waals surface area (Å²) < 4.78 is 23.9. The first-order chi connectivity index (χ1) is 13.5. The van der Waals surface area contributed by atoms with Gasteiger partial charge in [-0.15, -0.1) is 0 Å². The van der Waals surface area contributed by atoms with E-state index in [9.17, 15) is 19.1 Å². The van der Waals surface area contributed by atoms with Crippen molar-refractivity contribution in [2.45, 2.75) is 12.6 Å². The largest absolute Gasteiger partial charge is 0.480 e. The molecule has 0 fully saturated rings. The van der Waals surface area contributed by atoms with E-state index in [1.165, 1.54) is 24.5 Å². The van der Waals surface area contributed by atoms with Gasteiger partial charge in [-0.3, -0.25) is 4.79 Å². The lowest BCUT2D eigenvalue weighted by atomic mass is 10.1. The summed E-state index contributed by atoms with van der Waals surface area (Å²) in [6.07, 6.45) is 1.31. The molecule has 3 rings (SSSR count). The average molecular weight is 383 g/mol. The Bertz CT molecular complexity index is 954. The third kappa shape index (κ3) is 5.05. The fourth-order valence-electron chi connectivity index (χ4n) is 2.55. The number of hydrogen-bond acceptors (Lipinski definition) is 4. The Balaban J connectivity index is 1.60.